The molecule has 1 amide bonds. The van der Waals surface area contributed by atoms with Gasteiger partial charge in [-0.3, -0.25) is 4.79 Å². The van der Waals surface area contributed by atoms with Crippen LogP contribution >= 0.6 is 0 Å². The molecule has 1 fully saturated rings. The fourth-order valence-corrected chi connectivity index (χ4v) is 4.78. The maximum Gasteiger partial charge on any atom is 0.225 e. The van der Waals surface area contributed by atoms with E-state index in [1.54, 1.807) is 0 Å². The minimum Gasteiger partial charge on any atom is -0.359 e. The predicted molar refractivity (Wildman–Crippen MR) is 127 cm³/mol. The highest BCUT2D eigenvalue weighted by atomic mass is 16.5. The van der Waals surface area contributed by atoms with Crippen LogP contribution in [0.5, 0.6) is 0 Å². The molecule has 2 aliphatic rings. The van der Waals surface area contributed by atoms with E-state index in [9.17, 15) is 4.79 Å². The van der Waals surface area contributed by atoms with E-state index in [2.05, 4.69) is 41.4 Å². The van der Waals surface area contributed by atoms with Crippen LogP contribution in [0.4, 0.5) is 5.82 Å². The Morgan fingerprint density at radius 3 is 2.82 bits per heavy atom. The van der Waals surface area contributed by atoms with Crippen molar-refractivity contribution in [2.75, 3.05) is 18.0 Å². The van der Waals surface area contributed by atoms with Gasteiger partial charge in [0.1, 0.15) is 5.82 Å². The standard InChI is InChI=1S/C26H31N5O2/c1-17(2)23-14-20(33-30-23)15-27-26(32)19-10-7-13-31(16-19)25-21-11-6-12-22(21)28-24(29-25)18-8-4-3-5-9-18/h3-5,8-9,14,17,19H,6-7,10-13,15-16H2,1-2H3,(H,27,32)/t19-/m1/s1. The summed E-state index contributed by atoms with van der Waals surface area (Å²) in [5.41, 5.74) is 4.37. The summed E-state index contributed by atoms with van der Waals surface area (Å²) in [7, 11) is 0. The fraction of sp³-hybridized carbons (Fsp3) is 0.462. The molecule has 1 aliphatic carbocycles. The Bertz CT molecular complexity index is 1120. The van der Waals surface area contributed by atoms with Crippen molar-refractivity contribution in [2.24, 2.45) is 5.92 Å². The van der Waals surface area contributed by atoms with Crippen LogP contribution in [0.3, 0.4) is 0 Å². The van der Waals surface area contributed by atoms with Crippen LogP contribution in [0, 0.1) is 5.92 Å². The highest BCUT2D eigenvalue weighted by molar-refractivity contribution is 5.79. The maximum atomic E-state index is 13.0. The van der Waals surface area contributed by atoms with E-state index in [-0.39, 0.29) is 11.8 Å². The SMILES string of the molecule is CC(C)c1cc(CNC(=O)[C@@H]2CCCN(c3nc(-c4ccccc4)nc4c3CCC4)C2)on1. The van der Waals surface area contributed by atoms with Crippen molar-refractivity contribution in [1.82, 2.24) is 20.4 Å². The second kappa shape index (κ2) is 9.33. The van der Waals surface area contributed by atoms with Crippen LogP contribution < -0.4 is 10.2 Å². The normalized spacial score (nSPS) is 17.9. The fourth-order valence-electron chi connectivity index (χ4n) is 4.78. The van der Waals surface area contributed by atoms with Crippen LogP contribution in [-0.2, 0) is 24.2 Å². The van der Waals surface area contributed by atoms with Crippen LogP contribution in [-0.4, -0.2) is 34.1 Å². The molecule has 7 heteroatoms. The lowest BCUT2D eigenvalue weighted by molar-refractivity contribution is -0.125. The van der Waals surface area contributed by atoms with Crippen molar-refractivity contribution in [1.29, 1.82) is 0 Å². The van der Waals surface area contributed by atoms with Gasteiger partial charge in [0.05, 0.1) is 18.2 Å². The number of nitrogens with one attached hydrogen (secondary N) is 1. The molecule has 2 aromatic heterocycles. The Balaban J connectivity index is 1.31. The van der Waals surface area contributed by atoms with Gasteiger partial charge in [0.2, 0.25) is 5.91 Å². The number of hydrogen-bond acceptors (Lipinski definition) is 6. The number of carbonyl (C=O) groups excluding carboxylic acids is 1. The van der Waals surface area contributed by atoms with Gasteiger partial charge in [-0.2, -0.15) is 0 Å². The molecule has 5 rings (SSSR count). The van der Waals surface area contributed by atoms with Crippen LogP contribution in [0.2, 0.25) is 0 Å². The van der Waals surface area contributed by atoms with Gasteiger partial charge in [-0.05, 0) is 38.0 Å². The second-order valence-electron chi connectivity index (χ2n) is 9.39. The lowest BCUT2D eigenvalue weighted by Gasteiger charge is -2.34. The number of aryl methyl sites for hydroxylation is 1. The highest BCUT2D eigenvalue weighted by Gasteiger charge is 2.30. The molecule has 172 valence electrons. The zero-order valence-electron chi connectivity index (χ0n) is 19.4. The number of anilines is 1. The Morgan fingerprint density at radius 2 is 2.03 bits per heavy atom. The predicted octanol–water partition coefficient (Wildman–Crippen LogP) is 4.28. The number of amides is 1. The van der Waals surface area contributed by atoms with Gasteiger partial charge >= 0.3 is 0 Å². The molecular formula is C26H31N5O2. The summed E-state index contributed by atoms with van der Waals surface area (Å²) in [6.45, 7) is 6.11. The number of aromatic nitrogens is 3. The van der Waals surface area contributed by atoms with Crippen LogP contribution in [0.1, 0.15) is 61.7 Å². The number of rotatable bonds is 6. The van der Waals surface area contributed by atoms with E-state index in [1.807, 2.05) is 24.3 Å². The van der Waals surface area contributed by atoms with Gasteiger partial charge in [-0.25, -0.2) is 9.97 Å². The van der Waals surface area contributed by atoms with Crippen LogP contribution in [0.15, 0.2) is 40.9 Å². The average molecular weight is 446 g/mol. The third-order valence-corrected chi connectivity index (χ3v) is 6.64. The monoisotopic (exact) mass is 445 g/mol. The van der Waals surface area contributed by atoms with Crippen molar-refractivity contribution in [3.8, 4) is 11.4 Å². The molecule has 1 aromatic carbocycles. The molecule has 3 heterocycles. The molecule has 1 saturated heterocycles. The van der Waals surface area contributed by atoms with E-state index in [1.165, 1.54) is 5.56 Å². The summed E-state index contributed by atoms with van der Waals surface area (Å²) in [5.74, 6) is 2.80. The van der Waals surface area contributed by atoms with E-state index < -0.39 is 0 Å². The molecule has 0 saturated carbocycles. The van der Waals surface area contributed by atoms with E-state index >= 15 is 0 Å². The number of benzene rings is 1. The van der Waals surface area contributed by atoms with Gasteiger partial charge in [0.25, 0.3) is 0 Å². The summed E-state index contributed by atoms with van der Waals surface area (Å²) in [4.78, 5) is 25.2. The summed E-state index contributed by atoms with van der Waals surface area (Å²) >= 11 is 0. The van der Waals surface area contributed by atoms with Crippen molar-refractivity contribution in [2.45, 2.75) is 58.4 Å². The molecular weight excluding hydrogens is 414 g/mol. The molecule has 3 aromatic rings. The molecule has 0 unspecified atom stereocenters. The number of piperidine rings is 1. The second-order valence-corrected chi connectivity index (χ2v) is 9.39. The van der Waals surface area contributed by atoms with E-state index in [0.717, 1.165) is 67.2 Å². The molecule has 0 spiro atoms. The lowest BCUT2D eigenvalue weighted by atomic mass is 9.96. The van der Waals surface area contributed by atoms with Crippen LogP contribution in [0.25, 0.3) is 11.4 Å². The van der Waals surface area contributed by atoms with E-state index in [4.69, 9.17) is 14.5 Å². The largest absolute Gasteiger partial charge is 0.359 e. The first kappa shape index (κ1) is 21.6. The summed E-state index contributed by atoms with van der Waals surface area (Å²) in [5, 5.41) is 7.13. The Morgan fingerprint density at radius 1 is 1.18 bits per heavy atom. The zero-order chi connectivity index (χ0) is 22.8. The molecule has 1 aliphatic heterocycles. The van der Waals surface area contributed by atoms with Gasteiger partial charge in [0, 0.05) is 36.0 Å². The maximum absolute atomic E-state index is 13.0. The topological polar surface area (TPSA) is 84.2 Å². The minimum absolute atomic E-state index is 0.0659. The zero-order valence-corrected chi connectivity index (χ0v) is 19.4. The van der Waals surface area contributed by atoms with Gasteiger partial charge in [-0.15, -0.1) is 0 Å². The van der Waals surface area contributed by atoms with Crippen molar-refractivity contribution < 1.29 is 9.32 Å². The lowest BCUT2D eigenvalue weighted by Crippen LogP contribution is -2.43. The Hall–Kier alpha value is -3.22. The smallest absolute Gasteiger partial charge is 0.225 e. The first-order valence-corrected chi connectivity index (χ1v) is 12.0. The molecule has 7 nitrogen and oxygen atoms in total. The first-order chi connectivity index (χ1) is 16.1. The van der Waals surface area contributed by atoms with Gasteiger partial charge < -0.3 is 14.7 Å². The summed E-state index contributed by atoms with van der Waals surface area (Å²) in [6, 6.07) is 12.1. The van der Waals surface area contributed by atoms with Gasteiger partial charge in [-0.1, -0.05) is 49.3 Å². The first-order valence-electron chi connectivity index (χ1n) is 12.0. The molecule has 0 bridgehead atoms. The summed E-state index contributed by atoms with van der Waals surface area (Å²) < 4.78 is 5.37. The third-order valence-electron chi connectivity index (χ3n) is 6.64. The average Bonchev–Trinajstić information content (AvgIpc) is 3.52. The van der Waals surface area contributed by atoms with E-state index in [0.29, 0.717) is 24.8 Å². The number of hydrogen-bond donors (Lipinski definition) is 1. The highest BCUT2D eigenvalue weighted by Crippen LogP contribution is 2.33. The number of carbonyl (C=O) groups is 1. The Kier molecular flexibility index (Phi) is 6.11. The Labute approximate surface area is 194 Å². The van der Waals surface area contributed by atoms with Crippen molar-refractivity contribution >= 4 is 11.7 Å². The number of nitrogens with zero attached hydrogens (tertiary/aromatic N) is 4. The van der Waals surface area contributed by atoms with Crippen molar-refractivity contribution in [3.63, 3.8) is 0 Å². The van der Waals surface area contributed by atoms with Gasteiger partial charge in [0.15, 0.2) is 11.6 Å². The minimum atomic E-state index is -0.0709. The van der Waals surface area contributed by atoms with Crippen molar-refractivity contribution in [3.05, 3.63) is 59.1 Å². The molecule has 33 heavy (non-hydrogen) atoms. The summed E-state index contributed by atoms with van der Waals surface area (Å²) in [6.07, 6.45) is 4.98. The quantitative estimate of drug-likeness (QED) is 0.610. The molecule has 1 atom stereocenters. The molecule has 1 N–H and O–H groups in total. The third kappa shape index (κ3) is 4.63. The molecule has 0 radical (unpaired) electrons. The number of fused-ring (bicyclic) bond motifs is 1.